The summed E-state index contributed by atoms with van der Waals surface area (Å²) in [5.41, 5.74) is 1.42. The van der Waals surface area contributed by atoms with Crippen LogP contribution in [-0.4, -0.2) is 61.7 Å². The van der Waals surface area contributed by atoms with E-state index >= 15 is 0 Å². The van der Waals surface area contributed by atoms with E-state index in [9.17, 15) is 0 Å². The van der Waals surface area contributed by atoms with E-state index in [2.05, 4.69) is 73.3 Å². The van der Waals surface area contributed by atoms with Gasteiger partial charge in [-0.3, -0.25) is 4.90 Å². The minimum atomic E-state index is 0.495. The molecule has 1 fully saturated rings. The van der Waals surface area contributed by atoms with Gasteiger partial charge in [-0.05, 0) is 32.4 Å². The van der Waals surface area contributed by atoms with Crippen molar-refractivity contribution in [3.63, 3.8) is 0 Å². The van der Waals surface area contributed by atoms with Crippen LogP contribution in [0.1, 0.15) is 32.3 Å². The first-order valence-electron chi connectivity index (χ1n) is 8.28. The molecule has 3 heteroatoms. The molecular weight excluding hydrogens is 258 g/mol. The van der Waals surface area contributed by atoms with Crippen molar-refractivity contribution in [2.24, 2.45) is 0 Å². The van der Waals surface area contributed by atoms with E-state index in [0.717, 1.165) is 6.54 Å². The smallest absolute Gasteiger partial charge is 0.0169 e. The molecule has 0 bridgehead atoms. The largest absolute Gasteiger partial charge is 0.310 e. The van der Waals surface area contributed by atoms with Crippen molar-refractivity contribution in [3.05, 3.63) is 35.9 Å². The zero-order valence-corrected chi connectivity index (χ0v) is 14.0. The maximum absolute atomic E-state index is 3.78. The molecule has 1 heterocycles. The average Bonchev–Trinajstić information content (AvgIpc) is 2.49. The van der Waals surface area contributed by atoms with Gasteiger partial charge in [0.1, 0.15) is 0 Å². The molecule has 118 valence electrons. The summed E-state index contributed by atoms with van der Waals surface area (Å²) >= 11 is 0. The first-order chi connectivity index (χ1) is 10.1. The highest BCUT2D eigenvalue weighted by Crippen LogP contribution is 2.19. The molecule has 3 atom stereocenters. The standard InChI is InChI=1S/C18H31N3/c1-15(14-21-12-10-20(4)11-13-21)19-17(3)16(2)18-8-6-5-7-9-18/h5-9,15-17,19H,10-14H2,1-4H3/t15-,16-,17-/m1/s1. The molecule has 1 N–H and O–H groups in total. The Balaban J connectivity index is 1.78. The minimum absolute atomic E-state index is 0.495. The Bertz CT molecular complexity index is 398. The van der Waals surface area contributed by atoms with E-state index in [1.165, 1.54) is 31.7 Å². The minimum Gasteiger partial charge on any atom is -0.310 e. The van der Waals surface area contributed by atoms with Gasteiger partial charge in [0.25, 0.3) is 0 Å². The number of benzene rings is 1. The van der Waals surface area contributed by atoms with E-state index < -0.39 is 0 Å². The number of nitrogens with zero attached hydrogens (tertiary/aromatic N) is 2. The Morgan fingerprint density at radius 2 is 1.62 bits per heavy atom. The predicted octanol–water partition coefficient (Wildman–Crippen LogP) is 2.40. The normalized spacial score (nSPS) is 21.9. The van der Waals surface area contributed by atoms with Crippen LogP contribution in [-0.2, 0) is 0 Å². The summed E-state index contributed by atoms with van der Waals surface area (Å²) in [6.45, 7) is 12.9. The molecule has 21 heavy (non-hydrogen) atoms. The fraction of sp³-hybridized carbons (Fsp3) is 0.667. The summed E-state index contributed by atoms with van der Waals surface area (Å²) in [5, 5.41) is 3.78. The van der Waals surface area contributed by atoms with Crippen molar-refractivity contribution < 1.29 is 0 Å². The lowest BCUT2D eigenvalue weighted by molar-refractivity contribution is 0.142. The van der Waals surface area contributed by atoms with Crippen molar-refractivity contribution >= 4 is 0 Å². The van der Waals surface area contributed by atoms with Gasteiger partial charge in [-0.2, -0.15) is 0 Å². The van der Waals surface area contributed by atoms with Crippen molar-refractivity contribution in [1.29, 1.82) is 0 Å². The van der Waals surface area contributed by atoms with Gasteiger partial charge in [-0.25, -0.2) is 0 Å². The van der Waals surface area contributed by atoms with Gasteiger partial charge < -0.3 is 10.2 Å². The van der Waals surface area contributed by atoms with Crippen LogP contribution in [0.5, 0.6) is 0 Å². The lowest BCUT2D eigenvalue weighted by Gasteiger charge is -2.35. The van der Waals surface area contributed by atoms with Crippen LogP contribution in [0.2, 0.25) is 0 Å². The molecule has 0 amide bonds. The maximum atomic E-state index is 3.78. The summed E-state index contributed by atoms with van der Waals surface area (Å²) in [7, 11) is 2.21. The van der Waals surface area contributed by atoms with Crippen molar-refractivity contribution in [3.8, 4) is 0 Å². The molecule has 3 nitrogen and oxygen atoms in total. The van der Waals surface area contributed by atoms with Gasteiger partial charge in [0.05, 0.1) is 0 Å². The molecule has 0 radical (unpaired) electrons. The monoisotopic (exact) mass is 289 g/mol. The van der Waals surface area contributed by atoms with Gasteiger partial charge >= 0.3 is 0 Å². The lowest BCUT2D eigenvalue weighted by Crippen LogP contribution is -2.50. The third-order valence-corrected chi connectivity index (χ3v) is 4.75. The van der Waals surface area contributed by atoms with Gasteiger partial charge in [-0.1, -0.05) is 37.3 Å². The zero-order valence-electron chi connectivity index (χ0n) is 14.0. The number of hydrogen-bond donors (Lipinski definition) is 1. The molecular formula is C18H31N3. The molecule has 2 rings (SSSR count). The van der Waals surface area contributed by atoms with Crippen LogP contribution in [0.4, 0.5) is 0 Å². The van der Waals surface area contributed by atoms with E-state index in [0.29, 0.717) is 18.0 Å². The van der Waals surface area contributed by atoms with Crippen LogP contribution in [0.15, 0.2) is 30.3 Å². The van der Waals surface area contributed by atoms with E-state index in [-0.39, 0.29) is 0 Å². The van der Waals surface area contributed by atoms with Crippen molar-refractivity contribution in [2.75, 3.05) is 39.8 Å². The topological polar surface area (TPSA) is 18.5 Å². The van der Waals surface area contributed by atoms with Crippen molar-refractivity contribution in [2.45, 2.75) is 38.8 Å². The number of rotatable bonds is 6. The summed E-state index contributed by atoms with van der Waals surface area (Å²) in [5.74, 6) is 0.543. The molecule has 0 spiro atoms. The van der Waals surface area contributed by atoms with Gasteiger partial charge in [0.2, 0.25) is 0 Å². The lowest BCUT2D eigenvalue weighted by atomic mass is 9.94. The number of hydrogen-bond acceptors (Lipinski definition) is 3. The van der Waals surface area contributed by atoms with Crippen LogP contribution < -0.4 is 5.32 Å². The number of likely N-dealkylation sites (N-methyl/N-ethyl adjacent to an activating group) is 1. The van der Waals surface area contributed by atoms with Gasteiger partial charge in [-0.15, -0.1) is 0 Å². The Labute approximate surface area is 130 Å². The van der Waals surface area contributed by atoms with Gasteiger partial charge in [0.15, 0.2) is 0 Å². The van der Waals surface area contributed by atoms with Crippen LogP contribution >= 0.6 is 0 Å². The van der Waals surface area contributed by atoms with E-state index in [4.69, 9.17) is 0 Å². The third kappa shape index (κ3) is 5.10. The average molecular weight is 289 g/mol. The first-order valence-corrected chi connectivity index (χ1v) is 8.28. The fourth-order valence-electron chi connectivity index (χ4n) is 3.11. The second-order valence-corrected chi connectivity index (χ2v) is 6.66. The SMILES string of the molecule is C[C@H](CN1CCN(C)CC1)N[C@H](C)[C@@H](C)c1ccccc1. The molecule has 1 aromatic carbocycles. The highest BCUT2D eigenvalue weighted by atomic mass is 15.3. The van der Waals surface area contributed by atoms with E-state index in [1.807, 2.05) is 0 Å². The highest BCUT2D eigenvalue weighted by Gasteiger charge is 2.19. The fourth-order valence-corrected chi connectivity index (χ4v) is 3.11. The quantitative estimate of drug-likeness (QED) is 0.867. The third-order valence-electron chi connectivity index (χ3n) is 4.75. The summed E-state index contributed by atoms with van der Waals surface area (Å²) in [4.78, 5) is 4.99. The highest BCUT2D eigenvalue weighted by molar-refractivity contribution is 5.20. The molecule has 0 aromatic heterocycles. The molecule has 1 aromatic rings. The van der Waals surface area contributed by atoms with Crippen LogP contribution in [0.25, 0.3) is 0 Å². The summed E-state index contributed by atoms with van der Waals surface area (Å²) in [6, 6.07) is 11.8. The Kier molecular flexibility index (Phi) is 6.22. The molecule has 1 aliphatic heterocycles. The molecule has 1 saturated heterocycles. The molecule has 0 saturated carbocycles. The Morgan fingerprint density at radius 3 is 2.24 bits per heavy atom. The van der Waals surface area contributed by atoms with Crippen LogP contribution in [0.3, 0.4) is 0 Å². The Morgan fingerprint density at radius 1 is 1.00 bits per heavy atom. The predicted molar refractivity (Wildman–Crippen MR) is 90.9 cm³/mol. The summed E-state index contributed by atoms with van der Waals surface area (Å²) < 4.78 is 0. The second kappa shape index (κ2) is 7.92. The molecule has 1 aliphatic rings. The van der Waals surface area contributed by atoms with Crippen LogP contribution in [0, 0.1) is 0 Å². The Hall–Kier alpha value is -0.900. The second-order valence-electron chi connectivity index (χ2n) is 6.66. The molecule has 0 aliphatic carbocycles. The van der Waals surface area contributed by atoms with Gasteiger partial charge in [0, 0.05) is 44.8 Å². The molecule has 0 unspecified atom stereocenters. The van der Waals surface area contributed by atoms with E-state index in [1.54, 1.807) is 0 Å². The maximum Gasteiger partial charge on any atom is 0.0169 e. The number of nitrogens with one attached hydrogen (secondary N) is 1. The first kappa shape index (κ1) is 16.5. The summed E-state index contributed by atoms with van der Waals surface area (Å²) in [6.07, 6.45) is 0. The van der Waals surface area contributed by atoms with Crippen molar-refractivity contribution in [1.82, 2.24) is 15.1 Å². The zero-order chi connectivity index (χ0) is 15.2. The number of piperazine rings is 1.